The molecule has 4 nitrogen and oxygen atoms in total. The Kier molecular flexibility index (Phi) is 6.01. The predicted molar refractivity (Wildman–Crippen MR) is 101 cm³/mol. The average Bonchev–Trinajstić information content (AvgIpc) is 2.59. The lowest BCUT2D eigenvalue weighted by Crippen LogP contribution is -2.15. The first-order chi connectivity index (χ1) is 11.2. The van der Waals surface area contributed by atoms with Crippen LogP contribution in [-0.4, -0.2) is 29.8 Å². The number of pyridine rings is 1. The Morgan fingerprint density at radius 1 is 1.12 bits per heavy atom. The number of nitrogens with one attached hydrogen (secondary N) is 1. The van der Waals surface area contributed by atoms with Crippen LogP contribution in [0.4, 0.5) is 5.69 Å². The number of aliphatic hydroxyl groups is 1. The summed E-state index contributed by atoms with van der Waals surface area (Å²) in [4.78, 5) is 4.75. The van der Waals surface area contributed by atoms with Crippen molar-refractivity contribution in [3.05, 3.63) is 54.6 Å². The van der Waals surface area contributed by atoms with Crippen LogP contribution in [0, 0.1) is 0 Å². The second-order valence-electron chi connectivity index (χ2n) is 5.53. The van der Waals surface area contributed by atoms with Gasteiger partial charge in [-0.1, -0.05) is 18.2 Å². The minimum absolute atomic E-state index is 0. The van der Waals surface area contributed by atoms with Gasteiger partial charge >= 0.3 is 0 Å². The number of ether oxygens (including phenoxy) is 1. The third kappa shape index (κ3) is 3.96. The normalized spacial score (nSPS) is 11.6. The topological polar surface area (TPSA) is 54.4 Å². The molecule has 0 aliphatic carbocycles. The molecule has 0 fully saturated rings. The first kappa shape index (κ1) is 18.0. The van der Waals surface area contributed by atoms with Crippen LogP contribution >= 0.6 is 12.4 Å². The molecule has 0 radical (unpaired) electrons. The highest BCUT2D eigenvalue weighted by Crippen LogP contribution is 2.29. The number of aromatic nitrogens is 1. The molecule has 0 aliphatic heterocycles. The zero-order valence-corrected chi connectivity index (χ0v) is 14.5. The van der Waals surface area contributed by atoms with Crippen molar-refractivity contribution in [1.82, 2.24) is 4.98 Å². The molecule has 3 rings (SSSR count). The molecule has 0 saturated heterocycles. The maximum atomic E-state index is 9.54. The number of rotatable bonds is 5. The summed E-state index contributed by atoms with van der Waals surface area (Å²) >= 11 is 0. The molecule has 1 atom stereocenters. The highest BCUT2D eigenvalue weighted by atomic mass is 35.5. The van der Waals surface area contributed by atoms with E-state index >= 15 is 0 Å². The SMILES string of the molecule is COc1ccc(-c2cc(NCC(C)O)c3ccccc3n2)cc1.Cl. The first-order valence-electron chi connectivity index (χ1n) is 7.63. The number of benzene rings is 2. The van der Waals surface area contributed by atoms with E-state index in [0.717, 1.165) is 33.6 Å². The van der Waals surface area contributed by atoms with Gasteiger partial charge in [-0.2, -0.15) is 0 Å². The van der Waals surface area contributed by atoms with Gasteiger partial charge in [0.05, 0.1) is 24.4 Å². The molecular formula is C19H21ClN2O2. The average molecular weight is 345 g/mol. The summed E-state index contributed by atoms with van der Waals surface area (Å²) in [5.74, 6) is 0.821. The Morgan fingerprint density at radius 2 is 1.83 bits per heavy atom. The number of methoxy groups -OCH3 is 1. The second-order valence-corrected chi connectivity index (χ2v) is 5.53. The molecule has 2 N–H and O–H groups in total. The van der Waals surface area contributed by atoms with Crippen molar-refractivity contribution < 1.29 is 9.84 Å². The van der Waals surface area contributed by atoms with E-state index in [1.807, 2.05) is 54.6 Å². The Balaban J connectivity index is 0.00000208. The minimum Gasteiger partial charge on any atom is -0.497 e. The molecule has 0 bridgehead atoms. The van der Waals surface area contributed by atoms with Gasteiger partial charge in [-0.3, -0.25) is 0 Å². The number of fused-ring (bicyclic) bond motifs is 1. The van der Waals surface area contributed by atoms with Gasteiger partial charge in [-0.15, -0.1) is 12.4 Å². The van der Waals surface area contributed by atoms with Crippen molar-refractivity contribution >= 4 is 29.0 Å². The molecule has 126 valence electrons. The fourth-order valence-corrected chi connectivity index (χ4v) is 2.49. The zero-order valence-electron chi connectivity index (χ0n) is 13.7. The molecule has 0 saturated carbocycles. The van der Waals surface area contributed by atoms with Crippen LogP contribution in [0.1, 0.15) is 6.92 Å². The molecule has 0 aliphatic rings. The Morgan fingerprint density at radius 3 is 2.50 bits per heavy atom. The van der Waals surface area contributed by atoms with Crippen molar-refractivity contribution in [2.24, 2.45) is 0 Å². The van der Waals surface area contributed by atoms with Gasteiger partial charge < -0.3 is 15.2 Å². The lowest BCUT2D eigenvalue weighted by molar-refractivity contribution is 0.208. The molecule has 1 unspecified atom stereocenters. The van der Waals surface area contributed by atoms with Crippen LogP contribution < -0.4 is 10.1 Å². The summed E-state index contributed by atoms with van der Waals surface area (Å²) in [6.45, 7) is 2.26. The van der Waals surface area contributed by atoms with E-state index in [1.54, 1.807) is 14.0 Å². The van der Waals surface area contributed by atoms with E-state index < -0.39 is 6.10 Å². The maximum absolute atomic E-state index is 9.54. The van der Waals surface area contributed by atoms with Crippen molar-refractivity contribution in [1.29, 1.82) is 0 Å². The van der Waals surface area contributed by atoms with Gasteiger partial charge in [-0.25, -0.2) is 4.98 Å². The van der Waals surface area contributed by atoms with E-state index in [4.69, 9.17) is 9.72 Å². The fraction of sp³-hybridized carbons (Fsp3) is 0.211. The van der Waals surface area contributed by atoms with Gasteiger partial charge in [-0.05, 0) is 43.3 Å². The molecule has 24 heavy (non-hydrogen) atoms. The Bertz CT molecular complexity index is 804. The number of anilines is 1. The molecule has 0 spiro atoms. The maximum Gasteiger partial charge on any atom is 0.118 e. The summed E-state index contributed by atoms with van der Waals surface area (Å²) < 4.78 is 5.20. The zero-order chi connectivity index (χ0) is 16.2. The molecule has 5 heteroatoms. The minimum atomic E-state index is -0.411. The highest BCUT2D eigenvalue weighted by Gasteiger charge is 2.08. The third-order valence-electron chi connectivity index (χ3n) is 3.69. The van der Waals surface area contributed by atoms with Crippen LogP contribution in [0.15, 0.2) is 54.6 Å². The fourth-order valence-electron chi connectivity index (χ4n) is 2.49. The summed E-state index contributed by atoms with van der Waals surface area (Å²) in [5, 5.41) is 13.9. The van der Waals surface area contributed by atoms with Gasteiger partial charge in [0.1, 0.15) is 5.75 Å². The smallest absolute Gasteiger partial charge is 0.118 e. The Labute approximate surface area is 147 Å². The van der Waals surface area contributed by atoms with Crippen LogP contribution in [0.5, 0.6) is 5.75 Å². The molecular weight excluding hydrogens is 324 g/mol. The van der Waals surface area contributed by atoms with Crippen molar-refractivity contribution in [3.8, 4) is 17.0 Å². The van der Waals surface area contributed by atoms with Crippen LogP contribution in [0.3, 0.4) is 0 Å². The quantitative estimate of drug-likeness (QED) is 0.731. The molecule has 3 aromatic rings. The van der Waals surface area contributed by atoms with Gasteiger partial charge in [0.2, 0.25) is 0 Å². The van der Waals surface area contributed by atoms with E-state index in [9.17, 15) is 5.11 Å². The van der Waals surface area contributed by atoms with Crippen LogP contribution in [-0.2, 0) is 0 Å². The van der Waals surface area contributed by atoms with Gasteiger partial charge in [0.25, 0.3) is 0 Å². The summed E-state index contributed by atoms with van der Waals surface area (Å²) in [5.41, 5.74) is 3.81. The highest BCUT2D eigenvalue weighted by molar-refractivity contribution is 5.93. The van der Waals surface area contributed by atoms with Gasteiger partial charge in [0, 0.05) is 23.2 Å². The first-order valence-corrected chi connectivity index (χ1v) is 7.63. The number of hydrogen-bond donors (Lipinski definition) is 2. The second kappa shape index (κ2) is 7.99. The molecule has 2 aromatic carbocycles. The molecule has 1 heterocycles. The lowest BCUT2D eigenvalue weighted by Gasteiger charge is -2.13. The number of aliphatic hydroxyl groups excluding tert-OH is 1. The van der Waals surface area contributed by atoms with Crippen molar-refractivity contribution in [2.45, 2.75) is 13.0 Å². The number of hydrogen-bond acceptors (Lipinski definition) is 4. The standard InChI is InChI=1S/C19H20N2O2.ClH/c1-13(22)12-20-19-11-18(14-7-9-15(23-2)10-8-14)21-17-6-4-3-5-16(17)19;/h3-11,13,22H,12H2,1-2H3,(H,20,21);1H. The van der Waals surface area contributed by atoms with Gasteiger partial charge in [0.15, 0.2) is 0 Å². The summed E-state index contributed by atoms with van der Waals surface area (Å²) in [7, 11) is 1.65. The lowest BCUT2D eigenvalue weighted by atomic mass is 10.1. The predicted octanol–water partition coefficient (Wildman–Crippen LogP) is 4.12. The summed E-state index contributed by atoms with van der Waals surface area (Å²) in [6.07, 6.45) is -0.411. The Hall–Kier alpha value is -2.30. The summed E-state index contributed by atoms with van der Waals surface area (Å²) in [6, 6.07) is 17.9. The van der Waals surface area contributed by atoms with E-state index in [1.165, 1.54) is 0 Å². The largest absolute Gasteiger partial charge is 0.497 e. The third-order valence-corrected chi connectivity index (χ3v) is 3.69. The molecule has 1 aromatic heterocycles. The van der Waals surface area contributed by atoms with Crippen LogP contribution in [0.2, 0.25) is 0 Å². The van der Waals surface area contributed by atoms with E-state index in [-0.39, 0.29) is 12.4 Å². The van der Waals surface area contributed by atoms with Crippen LogP contribution in [0.25, 0.3) is 22.2 Å². The van der Waals surface area contributed by atoms with E-state index in [0.29, 0.717) is 6.54 Å². The van der Waals surface area contributed by atoms with Crippen molar-refractivity contribution in [3.63, 3.8) is 0 Å². The number of para-hydroxylation sites is 1. The number of nitrogens with zero attached hydrogens (tertiary/aromatic N) is 1. The number of halogens is 1. The van der Waals surface area contributed by atoms with Crippen molar-refractivity contribution in [2.75, 3.05) is 19.0 Å². The van der Waals surface area contributed by atoms with E-state index in [2.05, 4.69) is 5.32 Å². The molecule has 0 amide bonds. The monoisotopic (exact) mass is 344 g/mol.